The molecular formula is C36H32Cl4N6O8. The fourth-order valence-corrected chi connectivity index (χ4v) is 5.57. The molecule has 4 N–H and O–H groups in total. The molecule has 0 aromatic heterocycles. The van der Waals surface area contributed by atoms with Gasteiger partial charge in [0, 0.05) is 38.1 Å². The van der Waals surface area contributed by atoms with Gasteiger partial charge in [-0.3, -0.25) is 30.0 Å². The number of amides is 2. The number of nitrogens with one attached hydrogen (secondary N) is 4. The van der Waals surface area contributed by atoms with Crippen molar-refractivity contribution >= 4 is 104 Å². The molecule has 0 fully saturated rings. The summed E-state index contributed by atoms with van der Waals surface area (Å²) in [6.45, 7) is 2.37. The molecule has 0 bridgehead atoms. The van der Waals surface area contributed by atoms with Gasteiger partial charge in [-0.2, -0.15) is 10.2 Å². The van der Waals surface area contributed by atoms with Crippen molar-refractivity contribution in [1.29, 1.82) is 0 Å². The summed E-state index contributed by atoms with van der Waals surface area (Å²) in [6.07, 6.45) is 0. The summed E-state index contributed by atoms with van der Waals surface area (Å²) in [5, 5.41) is 14.1. The Labute approximate surface area is 329 Å². The Kier molecular flexibility index (Phi) is 14.1. The molecule has 54 heavy (non-hydrogen) atoms. The summed E-state index contributed by atoms with van der Waals surface area (Å²) < 4.78 is 21.0. The molecule has 0 atom stereocenters. The molecule has 0 aliphatic rings. The molecular weight excluding hydrogens is 786 g/mol. The van der Waals surface area contributed by atoms with E-state index in [-0.39, 0.29) is 54.5 Å². The van der Waals surface area contributed by atoms with Gasteiger partial charge in [0.1, 0.15) is 23.0 Å². The molecule has 0 radical (unpaired) electrons. The second-order valence-corrected chi connectivity index (χ2v) is 12.6. The monoisotopic (exact) mass is 816 g/mol. The smallest absolute Gasteiger partial charge is 0.279 e. The van der Waals surface area contributed by atoms with Crippen molar-refractivity contribution in [2.45, 2.75) is 13.8 Å². The van der Waals surface area contributed by atoms with Crippen LogP contribution < -0.4 is 40.4 Å². The first-order chi connectivity index (χ1) is 25.7. The van der Waals surface area contributed by atoms with Gasteiger partial charge in [0.15, 0.2) is 23.0 Å². The molecule has 0 unspecified atom stereocenters. The number of hydrogen-bond donors (Lipinski definition) is 4. The molecule has 0 aliphatic heterocycles. The Balaban J connectivity index is 1.49. The van der Waals surface area contributed by atoms with Gasteiger partial charge in [-0.05, 0) is 35.4 Å². The lowest BCUT2D eigenvalue weighted by atomic mass is 10.0. The SMILES string of the molecule is COc1cc(NC(=O)/C(=N\Nc2ccc(-c3ccc(N/N=C(/C(C)=O)C(=O)Nc4cc(OC)c(Cl)cc4OC)c(Cl)c3)cc2Cl)C(C)=O)c(OC)cc1Cl. The Bertz CT molecular complexity index is 2040. The lowest BCUT2D eigenvalue weighted by Gasteiger charge is -2.14. The predicted octanol–water partition coefficient (Wildman–Crippen LogP) is 7.99. The molecule has 4 rings (SSSR count). The number of hydrogen-bond acceptors (Lipinski definition) is 12. The van der Waals surface area contributed by atoms with Gasteiger partial charge in [0.25, 0.3) is 11.8 Å². The standard InChI is InChI=1S/C36H32Cl4N6O8/c1-17(47)33(35(49)41-27-15-29(51-3)23(39)13-31(27)53-5)45-43-25-9-7-19(11-21(25)37)20-8-10-26(22(38)12-20)44-46-34(18(2)48)36(50)42-28-16-30(52-4)24(40)14-32(28)54-6/h7-16,43-44H,1-6H3,(H,41,49)(H,42,50)/b45-33-,46-34-. The van der Waals surface area contributed by atoms with Gasteiger partial charge in [-0.1, -0.05) is 58.5 Å². The zero-order valence-electron chi connectivity index (χ0n) is 29.4. The first-order valence-electron chi connectivity index (χ1n) is 15.5. The minimum absolute atomic E-state index is 0.202. The van der Waals surface area contributed by atoms with Crippen LogP contribution in [0.5, 0.6) is 23.0 Å². The maximum absolute atomic E-state index is 13.1. The minimum Gasteiger partial charge on any atom is -0.495 e. The highest BCUT2D eigenvalue weighted by atomic mass is 35.5. The highest BCUT2D eigenvalue weighted by Crippen LogP contribution is 2.37. The summed E-state index contributed by atoms with van der Waals surface area (Å²) in [5.41, 5.74) is 6.72. The Morgan fingerprint density at radius 2 is 0.833 bits per heavy atom. The van der Waals surface area contributed by atoms with Gasteiger partial charge in [0.05, 0.1) is 71.3 Å². The molecule has 282 valence electrons. The number of halogens is 4. The van der Waals surface area contributed by atoms with Crippen LogP contribution in [0.4, 0.5) is 22.7 Å². The van der Waals surface area contributed by atoms with E-state index in [0.717, 1.165) is 0 Å². The van der Waals surface area contributed by atoms with Crippen LogP contribution in [-0.2, 0) is 19.2 Å². The fourth-order valence-electron chi connectivity index (χ4n) is 4.66. The van der Waals surface area contributed by atoms with Gasteiger partial charge < -0.3 is 29.6 Å². The largest absolute Gasteiger partial charge is 0.495 e. The molecule has 0 spiro atoms. The van der Waals surface area contributed by atoms with E-state index >= 15 is 0 Å². The normalized spacial score (nSPS) is 11.3. The molecule has 18 heteroatoms. The zero-order valence-corrected chi connectivity index (χ0v) is 32.5. The topological polar surface area (TPSA) is 178 Å². The molecule has 4 aromatic carbocycles. The molecule has 14 nitrogen and oxygen atoms in total. The number of anilines is 4. The molecule has 4 aromatic rings. The van der Waals surface area contributed by atoms with Gasteiger partial charge in [-0.25, -0.2) is 0 Å². The summed E-state index contributed by atoms with van der Waals surface area (Å²) in [5.74, 6) is -1.86. The number of methoxy groups -OCH3 is 4. The highest BCUT2D eigenvalue weighted by molar-refractivity contribution is 6.68. The molecule has 0 saturated carbocycles. The third kappa shape index (κ3) is 9.90. The predicted molar refractivity (Wildman–Crippen MR) is 212 cm³/mol. The van der Waals surface area contributed by atoms with Crippen molar-refractivity contribution < 1.29 is 38.1 Å². The number of benzene rings is 4. The minimum atomic E-state index is -0.823. The van der Waals surface area contributed by atoms with Crippen LogP contribution >= 0.6 is 46.4 Å². The molecule has 0 aliphatic carbocycles. The van der Waals surface area contributed by atoms with E-state index in [2.05, 4.69) is 31.7 Å². The summed E-state index contributed by atoms with van der Waals surface area (Å²) in [6, 6.07) is 15.6. The fraction of sp³-hybridized carbons (Fsp3) is 0.167. The quantitative estimate of drug-likeness (QED) is 0.0522. The Morgan fingerprint density at radius 1 is 0.481 bits per heavy atom. The second-order valence-electron chi connectivity index (χ2n) is 10.9. The van der Waals surface area contributed by atoms with Crippen LogP contribution in [0.1, 0.15) is 13.8 Å². The summed E-state index contributed by atoms with van der Waals surface area (Å²) >= 11 is 25.4. The second kappa shape index (κ2) is 18.5. The van der Waals surface area contributed by atoms with E-state index < -0.39 is 34.8 Å². The van der Waals surface area contributed by atoms with E-state index in [0.29, 0.717) is 22.5 Å². The summed E-state index contributed by atoms with van der Waals surface area (Å²) in [7, 11) is 5.61. The Hall–Kier alpha value is -5.54. The van der Waals surface area contributed by atoms with Crippen molar-refractivity contribution in [1.82, 2.24) is 0 Å². The van der Waals surface area contributed by atoms with Crippen LogP contribution in [-0.4, -0.2) is 63.2 Å². The molecule has 0 saturated heterocycles. The van der Waals surface area contributed by atoms with Crippen LogP contribution in [0.3, 0.4) is 0 Å². The van der Waals surface area contributed by atoms with Crippen molar-refractivity contribution in [2.75, 3.05) is 49.9 Å². The van der Waals surface area contributed by atoms with Crippen molar-refractivity contribution in [3.8, 4) is 34.1 Å². The average molecular weight is 818 g/mol. The van der Waals surface area contributed by atoms with E-state index in [4.69, 9.17) is 65.4 Å². The van der Waals surface area contributed by atoms with Crippen LogP contribution in [0.15, 0.2) is 70.9 Å². The van der Waals surface area contributed by atoms with Gasteiger partial charge in [0.2, 0.25) is 0 Å². The maximum Gasteiger partial charge on any atom is 0.279 e. The number of carbonyl (C=O) groups excluding carboxylic acids is 4. The van der Waals surface area contributed by atoms with Crippen LogP contribution in [0.25, 0.3) is 11.1 Å². The van der Waals surface area contributed by atoms with E-state index in [9.17, 15) is 19.2 Å². The lowest BCUT2D eigenvalue weighted by molar-refractivity contribution is -0.116. The number of ketones is 2. The third-order valence-electron chi connectivity index (χ3n) is 7.39. The number of rotatable bonds is 15. The number of ether oxygens (including phenoxy) is 4. The molecule has 2 amide bonds. The Morgan fingerprint density at radius 3 is 1.13 bits per heavy atom. The van der Waals surface area contributed by atoms with Crippen molar-refractivity contribution in [3.63, 3.8) is 0 Å². The summed E-state index contributed by atoms with van der Waals surface area (Å²) in [4.78, 5) is 50.9. The van der Waals surface area contributed by atoms with E-state index in [1.807, 2.05) is 0 Å². The van der Waals surface area contributed by atoms with Crippen LogP contribution in [0.2, 0.25) is 20.1 Å². The lowest BCUT2D eigenvalue weighted by Crippen LogP contribution is -2.29. The average Bonchev–Trinajstić information content (AvgIpc) is 3.13. The number of carbonyl (C=O) groups is 4. The number of Topliss-reactive ketones (excluding diaryl/α,β-unsaturated/α-hetero) is 2. The van der Waals surface area contributed by atoms with Crippen molar-refractivity contribution in [2.24, 2.45) is 10.2 Å². The third-order valence-corrected chi connectivity index (χ3v) is 8.61. The zero-order chi connectivity index (χ0) is 39.7. The van der Waals surface area contributed by atoms with Gasteiger partial charge >= 0.3 is 0 Å². The van der Waals surface area contributed by atoms with E-state index in [1.54, 1.807) is 36.4 Å². The highest BCUT2D eigenvalue weighted by Gasteiger charge is 2.22. The van der Waals surface area contributed by atoms with Crippen molar-refractivity contribution in [3.05, 3.63) is 80.8 Å². The van der Waals surface area contributed by atoms with Crippen LogP contribution in [0, 0.1) is 0 Å². The van der Waals surface area contributed by atoms with E-state index in [1.165, 1.54) is 66.6 Å². The van der Waals surface area contributed by atoms with Gasteiger partial charge in [-0.15, -0.1) is 0 Å². The number of hydrazone groups is 2. The first kappa shape index (κ1) is 41.2. The molecule has 0 heterocycles. The number of nitrogens with zero attached hydrogens (tertiary/aromatic N) is 2. The first-order valence-corrected chi connectivity index (χ1v) is 17.0. The maximum atomic E-state index is 13.1.